The second-order valence-electron chi connectivity index (χ2n) is 6.95. The van der Waals surface area contributed by atoms with Crippen LogP contribution in [0.5, 0.6) is 5.75 Å². The van der Waals surface area contributed by atoms with E-state index in [-0.39, 0.29) is 29.2 Å². The molecule has 3 aromatic rings. The van der Waals surface area contributed by atoms with Crippen LogP contribution in [0.25, 0.3) is 0 Å². The lowest BCUT2D eigenvalue weighted by molar-refractivity contribution is -0.137. The van der Waals surface area contributed by atoms with E-state index in [2.05, 4.69) is 15.4 Å². The predicted molar refractivity (Wildman–Crippen MR) is 107 cm³/mol. The van der Waals surface area contributed by atoms with Gasteiger partial charge in [-0.05, 0) is 30.3 Å². The Morgan fingerprint density at radius 1 is 1.22 bits per heavy atom. The van der Waals surface area contributed by atoms with Gasteiger partial charge in [0.05, 0.1) is 42.9 Å². The van der Waals surface area contributed by atoms with Gasteiger partial charge in [0.1, 0.15) is 11.9 Å². The molecular formula is C20H17F3N6O3. The summed E-state index contributed by atoms with van der Waals surface area (Å²) in [5.41, 5.74) is 5.82. The molecule has 3 N–H and O–H groups in total. The number of ether oxygens (including phenoxy) is 1. The van der Waals surface area contributed by atoms with Crippen molar-refractivity contribution >= 4 is 23.2 Å². The fourth-order valence-corrected chi connectivity index (χ4v) is 3.30. The van der Waals surface area contributed by atoms with E-state index in [0.29, 0.717) is 5.75 Å². The van der Waals surface area contributed by atoms with Gasteiger partial charge in [-0.15, -0.1) is 0 Å². The third-order valence-corrected chi connectivity index (χ3v) is 4.89. The lowest BCUT2D eigenvalue weighted by Gasteiger charge is -2.32. The molecule has 1 unspecified atom stereocenters. The maximum atomic E-state index is 13.1. The Morgan fingerprint density at radius 3 is 2.59 bits per heavy atom. The first-order valence-corrected chi connectivity index (χ1v) is 9.31. The van der Waals surface area contributed by atoms with Gasteiger partial charge in [-0.1, -0.05) is 0 Å². The monoisotopic (exact) mass is 446 g/mol. The second-order valence-corrected chi connectivity index (χ2v) is 6.95. The number of nitrogens with two attached hydrogens (primary N) is 1. The molecular weight excluding hydrogens is 429 g/mol. The Bertz CT molecular complexity index is 1180. The molecule has 0 bridgehead atoms. The maximum absolute atomic E-state index is 13.1. The molecule has 0 fully saturated rings. The zero-order valence-electron chi connectivity index (χ0n) is 16.6. The molecule has 0 radical (unpaired) electrons. The quantitative estimate of drug-likeness (QED) is 0.637. The Hall–Kier alpha value is -3.93. The van der Waals surface area contributed by atoms with Gasteiger partial charge in [0.15, 0.2) is 5.69 Å². The first kappa shape index (κ1) is 21.3. The highest BCUT2D eigenvalue weighted by molar-refractivity contribution is 6.13. The van der Waals surface area contributed by atoms with Gasteiger partial charge in [0.2, 0.25) is 0 Å². The molecule has 2 amide bonds. The molecule has 1 atom stereocenters. The molecule has 1 aliphatic heterocycles. The molecule has 32 heavy (non-hydrogen) atoms. The Balaban J connectivity index is 1.62. The molecule has 9 nitrogen and oxygen atoms in total. The number of pyridine rings is 1. The van der Waals surface area contributed by atoms with Crippen LogP contribution < -0.4 is 20.7 Å². The van der Waals surface area contributed by atoms with Gasteiger partial charge in [0, 0.05) is 11.9 Å². The number of benzene rings is 1. The molecule has 1 aromatic carbocycles. The number of anilines is 2. The zero-order chi connectivity index (χ0) is 23.0. The molecule has 166 valence electrons. The number of rotatable bonds is 4. The molecule has 12 heteroatoms. The highest BCUT2D eigenvalue weighted by atomic mass is 19.4. The van der Waals surface area contributed by atoms with E-state index in [9.17, 15) is 22.8 Å². The third kappa shape index (κ3) is 3.87. The summed E-state index contributed by atoms with van der Waals surface area (Å²) in [5, 5.41) is 6.68. The van der Waals surface area contributed by atoms with Crippen LogP contribution in [0.15, 0.2) is 48.9 Å². The van der Waals surface area contributed by atoms with E-state index in [1.165, 1.54) is 53.5 Å². The van der Waals surface area contributed by atoms with E-state index in [4.69, 9.17) is 10.5 Å². The molecule has 0 aliphatic carbocycles. The molecule has 3 heterocycles. The molecule has 0 saturated carbocycles. The van der Waals surface area contributed by atoms with Crippen LogP contribution in [0.4, 0.5) is 24.5 Å². The summed E-state index contributed by atoms with van der Waals surface area (Å²) in [7, 11) is 1.43. The van der Waals surface area contributed by atoms with Crippen LogP contribution >= 0.6 is 0 Å². The number of fused-ring (bicyclic) bond motifs is 1. The number of nitrogens with one attached hydrogen (secondary N) is 1. The average Bonchev–Trinajstić information content (AvgIpc) is 3.20. The van der Waals surface area contributed by atoms with Crippen molar-refractivity contribution < 1.29 is 27.5 Å². The second kappa shape index (κ2) is 7.96. The number of alkyl halides is 3. The van der Waals surface area contributed by atoms with Crippen LogP contribution in [0, 0.1) is 0 Å². The average molecular weight is 446 g/mol. The lowest BCUT2D eigenvalue weighted by atomic mass is 10.1. The summed E-state index contributed by atoms with van der Waals surface area (Å²) in [6, 6.07) is 5.64. The van der Waals surface area contributed by atoms with E-state index < -0.39 is 29.7 Å². The fraction of sp³-hybridized carbons (Fsp3) is 0.200. The lowest BCUT2D eigenvalue weighted by Crippen LogP contribution is -2.46. The van der Waals surface area contributed by atoms with Crippen LogP contribution in [0.3, 0.4) is 0 Å². The van der Waals surface area contributed by atoms with Gasteiger partial charge in [-0.2, -0.15) is 18.3 Å². The number of methoxy groups -OCH3 is 1. The topological polar surface area (TPSA) is 115 Å². The van der Waals surface area contributed by atoms with Crippen LogP contribution in [0.2, 0.25) is 0 Å². The number of aromatic nitrogens is 3. The molecule has 0 spiro atoms. The van der Waals surface area contributed by atoms with Gasteiger partial charge >= 0.3 is 6.18 Å². The largest absolute Gasteiger partial charge is 0.495 e. The first-order valence-electron chi connectivity index (χ1n) is 9.31. The third-order valence-electron chi connectivity index (χ3n) is 4.89. The minimum atomic E-state index is -4.49. The molecule has 1 aliphatic rings. The Morgan fingerprint density at radius 2 is 1.94 bits per heavy atom. The van der Waals surface area contributed by atoms with Gasteiger partial charge in [-0.25, -0.2) is 4.68 Å². The molecule has 2 aromatic heterocycles. The number of carbonyl (C=O) groups is 2. The van der Waals surface area contributed by atoms with Crippen molar-refractivity contribution in [2.45, 2.75) is 12.3 Å². The summed E-state index contributed by atoms with van der Waals surface area (Å²) >= 11 is 0. The standard InChI is InChI=1S/C20H17F3N6O3/c1-32-14-6-11(7-25-8-14)18(30)27-15-9-26-29-16(24)10-28(19(31)17(15)29)13-4-2-12(3-5-13)20(21,22)23/h2-9,16H,10,24H2,1H3,(H,27,30). The number of amides is 2. The van der Waals surface area contributed by atoms with E-state index >= 15 is 0 Å². The van der Waals surface area contributed by atoms with Crippen molar-refractivity contribution in [2.75, 3.05) is 23.9 Å². The normalized spacial score (nSPS) is 16.0. The highest BCUT2D eigenvalue weighted by Gasteiger charge is 2.35. The van der Waals surface area contributed by atoms with Crippen molar-refractivity contribution in [3.8, 4) is 5.75 Å². The van der Waals surface area contributed by atoms with Crippen LogP contribution in [0.1, 0.15) is 32.6 Å². The van der Waals surface area contributed by atoms with E-state index in [1.54, 1.807) is 0 Å². The maximum Gasteiger partial charge on any atom is 0.416 e. The van der Waals surface area contributed by atoms with Crippen molar-refractivity contribution in [1.82, 2.24) is 14.8 Å². The predicted octanol–water partition coefficient (Wildman–Crippen LogP) is 2.68. The van der Waals surface area contributed by atoms with Crippen molar-refractivity contribution in [3.05, 3.63) is 65.7 Å². The number of carbonyl (C=O) groups excluding carboxylic acids is 2. The minimum absolute atomic E-state index is 0.00727. The number of hydrogen-bond acceptors (Lipinski definition) is 6. The summed E-state index contributed by atoms with van der Waals surface area (Å²) in [6.07, 6.45) is -1.21. The van der Waals surface area contributed by atoms with E-state index in [0.717, 1.165) is 12.1 Å². The summed E-state index contributed by atoms with van der Waals surface area (Å²) in [5.74, 6) is -0.746. The van der Waals surface area contributed by atoms with Crippen molar-refractivity contribution in [1.29, 1.82) is 0 Å². The first-order chi connectivity index (χ1) is 15.2. The van der Waals surface area contributed by atoms with E-state index in [1.807, 2.05) is 0 Å². The number of nitrogens with zero attached hydrogens (tertiary/aromatic N) is 4. The smallest absolute Gasteiger partial charge is 0.416 e. The van der Waals surface area contributed by atoms with Gasteiger partial charge in [0.25, 0.3) is 11.8 Å². The SMILES string of the molecule is COc1cncc(C(=O)Nc2cnn3c2C(=O)N(c2ccc(C(F)(F)F)cc2)CC3N)c1. The summed E-state index contributed by atoms with van der Waals surface area (Å²) in [4.78, 5) is 30.9. The van der Waals surface area contributed by atoms with Crippen molar-refractivity contribution in [2.24, 2.45) is 5.73 Å². The highest BCUT2D eigenvalue weighted by Crippen LogP contribution is 2.33. The van der Waals surface area contributed by atoms with Crippen LogP contribution in [-0.4, -0.2) is 40.2 Å². The zero-order valence-corrected chi connectivity index (χ0v) is 16.6. The summed E-state index contributed by atoms with van der Waals surface area (Å²) in [6.45, 7) is -0.00787. The minimum Gasteiger partial charge on any atom is -0.495 e. The van der Waals surface area contributed by atoms with Gasteiger partial charge < -0.3 is 20.7 Å². The van der Waals surface area contributed by atoms with Crippen LogP contribution in [-0.2, 0) is 6.18 Å². The number of halogens is 3. The summed E-state index contributed by atoms with van der Waals surface area (Å²) < 4.78 is 44.9. The Kier molecular flexibility index (Phi) is 5.30. The molecule has 4 rings (SSSR count). The molecule has 0 saturated heterocycles. The van der Waals surface area contributed by atoms with Crippen molar-refractivity contribution in [3.63, 3.8) is 0 Å². The Labute approximate surface area is 179 Å². The van der Waals surface area contributed by atoms with Gasteiger partial charge in [-0.3, -0.25) is 14.6 Å². The number of hydrogen-bond donors (Lipinski definition) is 2. The fourth-order valence-electron chi connectivity index (χ4n) is 3.30.